The first-order valence-electron chi connectivity index (χ1n) is 25.1. The van der Waals surface area contributed by atoms with Gasteiger partial charge in [-0.25, -0.2) is 0 Å². The Morgan fingerprint density at radius 3 is 2.46 bits per heavy atom. The van der Waals surface area contributed by atoms with Gasteiger partial charge in [-0.15, -0.1) is 0 Å². The van der Waals surface area contributed by atoms with E-state index in [9.17, 15) is 19.2 Å². The molecule has 0 spiro atoms. The van der Waals surface area contributed by atoms with Crippen LogP contribution in [0.15, 0.2) is 79.1 Å². The zero-order valence-corrected chi connectivity index (χ0v) is 39.8. The van der Waals surface area contributed by atoms with E-state index in [0.29, 0.717) is 41.6 Å². The van der Waals surface area contributed by atoms with Gasteiger partial charge < -0.3 is 30.5 Å². The number of hydrogen-bond acceptors (Lipinski definition) is 14. The van der Waals surface area contributed by atoms with Crippen LogP contribution < -0.4 is 30.9 Å². The molecule has 4 saturated heterocycles. The monoisotopic (exact) mass is 944 g/mol. The molecule has 3 aromatic heterocycles. The summed E-state index contributed by atoms with van der Waals surface area (Å²) in [5, 5.41) is 19.9. The van der Waals surface area contributed by atoms with E-state index in [4.69, 9.17) is 19.7 Å². The van der Waals surface area contributed by atoms with Crippen LogP contribution in [0.2, 0.25) is 0 Å². The van der Waals surface area contributed by atoms with E-state index >= 15 is 0 Å². The fourth-order valence-electron chi connectivity index (χ4n) is 11.0. The third kappa shape index (κ3) is 9.03. The van der Waals surface area contributed by atoms with Crippen molar-refractivity contribution in [3.05, 3.63) is 101 Å². The first kappa shape index (κ1) is 45.5. The van der Waals surface area contributed by atoms with Crippen molar-refractivity contribution >= 4 is 57.4 Å². The molecule has 70 heavy (non-hydrogen) atoms. The molecule has 8 heterocycles. The normalized spacial score (nSPS) is 20.7. The van der Waals surface area contributed by atoms with Gasteiger partial charge in [0.05, 0.1) is 23.0 Å². The molecule has 4 amide bonds. The molecule has 17 nitrogen and oxygen atoms in total. The summed E-state index contributed by atoms with van der Waals surface area (Å²) >= 11 is 0. The van der Waals surface area contributed by atoms with E-state index in [1.165, 1.54) is 0 Å². The Morgan fingerprint density at radius 2 is 1.66 bits per heavy atom. The van der Waals surface area contributed by atoms with E-state index in [1.807, 2.05) is 18.5 Å². The Kier molecular flexibility index (Phi) is 12.6. The first-order chi connectivity index (χ1) is 34.1. The Balaban J connectivity index is 0.689. The summed E-state index contributed by atoms with van der Waals surface area (Å²) in [6.07, 6.45) is 10.4. The van der Waals surface area contributed by atoms with Crippen molar-refractivity contribution in [3.8, 4) is 17.3 Å². The second-order valence-corrected chi connectivity index (χ2v) is 19.8. The summed E-state index contributed by atoms with van der Waals surface area (Å²) < 4.78 is 8.10. The number of ether oxygens (including phenoxy) is 1. The van der Waals surface area contributed by atoms with Crippen LogP contribution in [0, 0.1) is 5.92 Å². The third-order valence-electron chi connectivity index (χ3n) is 15.0. The zero-order chi connectivity index (χ0) is 47.9. The van der Waals surface area contributed by atoms with Crippen LogP contribution in [0.25, 0.3) is 27.7 Å². The molecule has 3 aromatic carbocycles. The number of rotatable bonds is 13. The second-order valence-electron chi connectivity index (χ2n) is 19.8. The van der Waals surface area contributed by atoms with Crippen molar-refractivity contribution in [1.82, 2.24) is 45.0 Å². The maximum absolute atomic E-state index is 13.4. The molecule has 1 unspecified atom stereocenters. The molecule has 4 N–H and O–H groups in total. The number of nitrogens with zero attached hydrogens (tertiary/aromatic N) is 8. The number of piperidine rings is 4. The summed E-state index contributed by atoms with van der Waals surface area (Å²) in [6, 6.07) is 22.4. The number of benzene rings is 3. The molecule has 17 heteroatoms. The van der Waals surface area contributed by atoms with E-state index in [0.717, 1.165) is 139 Å². The van der Waals surface area contributed by atoms with Gasteiger partial charge in [-0.1, -0.05) is 44.2 Å². The zero-order valence-electron chi connectivity index (χ0n) is 39.8. The van der Waals surface area contributed by atoms with Gasteiger partial charge in [-0.2, -0.15) is 19.6 Å². The highest BCUT2D eigenvalue weighted by atomic mass is 16.5. The molecular weight excluding hydrogens is 885 g/mol. The predicted molar refractivity (Wildman–Crippen MR) is 267 cm³/mol. The van der Waals surface area contributed by atoms with Crippen molar-refractivity contribution in [2.45, 2.75) is 95.9 Å². The lowest BCUT2D eigenvalue weighted by atomic mass is 9.93. The average molecular weight is 945 g/mol. The third-order valence-corrected chi connectivity index (χ3v) is 15.0. The van der Waals surface area contributed by atoms with Crippen molar-refractivity contribution < 1.29 is 23.9 Å². The summed E-state index contributed by atoms with van der Waals surface area (Å²) in [7, 11) is 0. The second kappa shape index (κ2) is 19.4. The van der Waals surface area contributed by atoms with Crippen LogP contribution in [0.5, 0.6) is 6.01 Å². The molecule has 5 aliphatic rings. The molecule has 0 bridgehead atoms. The number of carbonyl (C=O) groups is 4. The summed E-state index contributed by atoms with van der Waals surface area (Å²) in [6.45, 7) is 11.3. The van der Waals surface area contributed by atoms with Gasteiger partial charge in [-0.05, 0) is 124 Å². The summed E-state index contributed by atoms with van der Waals surface area (Å²) in [5.41, 5.74) is 7.51. The number of likely N-dealkylation sites (tertiary alicyclic amines) is 1. The van der Waals surface area contributed by atoms with Crippen LogP contribution in [0.1, 0.15) is 103 Å². The van der Waals surface area contributed by atoms with Crippen molar-refractivity contribution in [2.75, 3.05) is 61.3 Å². The minimum Gasteiger partial charge on any atom is -0.459 e. The molecule has 6 aromatic rings. The highest BCUT2D eigenvalue weighted by molar-refractivity contribution is 6.23. The Morgan fingerprint density at radius 1 is 0.829 bits per heavy atom. The molecule has 5 aliphatic heterocycles. The van der Waals surface area contributed by atoms with Gasteiger partial charge >= 0.3 is 6.01 Å². The maximum atomic E-state index is 13.4. The van der Waals surface area contributed by atoms with Gasteiger partial charge in [0, 0.05) is 79.3 Å². The van der Waals surface area contributed by atoms with E-state index < -0.39 is 23.8 Å². The molecule has 0 aliphatic carbocycles. The van der Waals surface area contributed by atoms with E-state index in [1.54, 1.807) is 16.6 Å². The number of amides is 4. The van der Waals surface area contributed by atoms with E-state index in [-0.39, 0.29) is 30.8 Å². The average Bonchev–Trinajstić information content (AvgIpc) is 3.93. The van der Waals surface area contributed by atoms with Gasteiger partial charge in [0.15, 0.2) is 5.65 Å². The summed E-state index contributed by atoms with van der Waals surface area (Å²) in [4.78, 5) is 71.4. The predicted octanol–water partition coefficient (Wildman–Crippen LogP) is 6.40. The number of imide groups is 2. The van der Waals surface area contributed by atoms with Gasteiger partial charge in [0.25, 0.3) is 11.8 Å². The topological polar surface area (TPSA) is 191 Å². The van der Waals surface area contributed by atoms with Crippen molar-refractivity contribution in [1.29, 1.82) is 0 Å². The SMILES string of the molecule is CC(C)c1cnn2c(NCc3ccccc3-c3nccc4cc(NCC5CCN(C6CCN(c7ccc8c(c7)C(=O)N(C7CCC(=O)NC7=O)C8=O)CC6)CC5)ccc34)nc(O[C@@H]3CCCNC3)nc12. The Bertz CT molecular complexity index is 2970. The first-order valence-corrected chi connectivity index (χ1v) is 25.1. The molecule has 11 rings (SSSR count). The fraction of sp³-hybridized carbons (Fsp3) is 0.434. The lowest BCUT2D eigenvalue weighted by Gasteiger charge is -2.42. The molecular formula is C53H60N12O5. The lowest BCUT2D eigenvalue weighted by Crippen LogP contribution is -2.54. The minimum absolute atomic E-state index is 0.0209. The smallest absolute Gasteiger partial charge is 0.322 e. The Hall–Kier alpha value is -6.98. The number of carbonyl (C=O) groups excluding carboxylic acids is 4. The van der Waals surface area contributed by atoms with E-state index in [2.05, 4.69) is 98.5 Å². The largest absolute Gasteiger partial charge is 0.459 e. The number of hydrogen-bond donors (Lipinski definition) is 4. The summed E-state index contributed by atoms with van der Waals surface area (Å²) in [5.74, 6) is -0.532. The quantitative estimate of drug-likeness (QED) is 0.0931. The number of nitrogens with one attached hydrogen (secondary N) is 4. The van der Waals surface area contributed by atoms with Crippen LogP contribution in [-0.2, 0) is 16.1 Å². The molecule has 4 fully saturated rings. The number of fused-ring (bicyclic) bond motifs is 3. The van der Waals surface area contributed by atoms with Crippen molar-refractivity contribution in [3.63, 3.8) is 0 Å². The minimum atomic E-state index is -0.967. The van der Waals surface area contributed by atoms with Crippen LogP contribution in [0.3, 0.4) is 0 Å². The van der Waals surface area contributed by atoms with Gasteiger partial charge in [-0.3, -0.25) is 34.4 Å². The van der Waals surface area contributed by atoms with Crippen LogP contribution >= 0.6 is 0 Å². The fourth-order valence-corrected chi connectivity index (χ4v) is 11.0. The molecule has 0 radical (unpaired) electrons. The number of anilines is 3. The molecule has 2 atom stereocenters. The maximum Gasteiger partial charge on any atom is 0.322 e. The number of aromatic nitrogens is 5. The number of pyridine rings is 1. The lowest BCUT2D eigenvalue weighted by molar-refractivity contribution is -0.136. The molecule has 362 valence electrons. The van der Waals surface area contributed by atoms with Crippen LogP contribution in [-0.4, -0.2) is 122 Å². The van der Waals surface area contributed by atoms with Gasteiger partial charge in [0.1, 0.15) is 12.1 Å². The Labute approximate surface area is 406 Å². The van der Waals surface area contributed by atoms with Crippen molar-refractivity contribution in [2.24, 2.45) is 5.92 Å². The van der Waals surface area contributed by atoms with Gasteiger partial charge in [0.2, 0.25) is 17.8 Å². The standard InChI is InChI=1S/C53H60N12O5/c1-32(2)44-31-58-65-48(44)60-53(70-39-7-5-20-54-30-39)61-52(65)57-29-35-6-3-4-8-40(35)47-41-11-9-36(26-34(41)15-21-55-47)56-28-33-16-22-62(23-17-33)37-18-24-63(25-19-37)38-10-12-42-43(27-38)51(69)64(50(42)68)45-13-14-46(66)59-49(45)67/h3-4,6,8-12,15,21,26-27,31-33,37,39,45,54,56H,5,7,13-14,16-20,22-25,28-30H2,1-2H3,(H,57,60,61)(H,59,66,67)/t39-,45?/m1/s1. The highest BCUT2D eigenvalue weighted by Crippen LogP contribution is 2.35. The highest BCUT2D eigenvalue weighted by Gasteiger charge is 2.45. The molecule has 0 saturated carbocycles. The van der Waals surface area contributed by atoms with Crippen LogP contribution in [0.4, 0.5) is 17.3 Å².